The van der Waals surface area contributed by atoms with Crippen molar-refractivity contribution in [1.82, 2.24) is 5.32 Å². The van der Waals surface area contributed by atoms with Crippen LogP contribution in [0.5, 0.6) is 5.75 Å². The summed E-state index contributed by atoms with van der Waals surface area (Å²) in [5, 5.41) is 2.84. The molecule has 5 heteroatoms. The number of anilines is 1. The minimum absolute atomic E-state index is 0.0557. The molecule has 0 heterocycles. The Balaban J connectivity index is 1.96. The molecular weight excluding hydrogens is 316 g/mol. The number of hydrogen-bond donors (Lipinski definition) is 1. The van der Waals surface area contributed by atoms with E-state index in [1.807, 2.05) is 24.3 Å². The van der Waals surface area contributed by atoms with Gasteiger partial charge < -0.3 is 15.0 Å². The van der Waals surface area contributed by atoms with Crippen LogP contribution in [-0.4, -0.2) is 32.0 Å². The summed E-state index contributed by atoms with van der Waals surface area (Å²) in [6.45, 7) is 4.39. The normalized spacial score (nSPS) is 10.2. The largest absolute Gasteiger partial charge is 0.497 e. The quantitative estimate of drug-likeness (QED) is 0.843. The van der Waals surface area contributed by atoms with Crippen LogP contribution in [0.25, 0.3) is 0 Å². The fourth-order valence-electron chi connectivity index (χ4n) is 2.53. The van der Waals surface area contributed by atoms with Gasteiger partial charge in [-0.1, -0.05) is 25.1 Å². The minimum atomic E-state index is -0.191. The second-order valence-electron chi connectivity index (χ2n) is 5.68. The van der Waals surface area contributed by atoms with Crippen molar-refractivity contribution in [1.29, 1.82) is 0 Å². The fraction of sp³-hybridized carbons (Fsp3) is 0.300. The highest BCUT2D eigenvalue weighted by Gasteiger charge is 2.12. The molecule has 0 aromatic heterocycles. The number of nitrogens with one attached hydrogen (secondary N) is 1. The molecule has 0 radical (unpaired) electrons. The highest BCUT2D eigenvalue weighted by molar-refractivity contribution is 5.95. The molecule has 0 bridgehead atoms. The fourth-order valence-corrected chi connectivity index (χ4v) is 2.53. The Morgan fingerprint density at radius 3 is 2.44 bits per heavy atom. The van der Waals surface area contributed by atoms with Crippen LogP contribution in [0.2, 0.25) is 0 Å². The SMILES string of the molecule is CCc1ccc(N(CCNC(=O)c2cccc(OC)c2)C(C)=O)cc1. The number of nitrogens with zero attached hydrogens (tertiary/aromatic N) is 1. The van der Waals surface area contributed by atoms with Crippen LogP contribution in [-0.2, 0) is 11.2 Å². The number of amides is 2. The zero-order chi connectivity index (χ0) is 18.2. The molecule has 0 unspecified atom stereocenters. The van der Waals surface area contributed by atoms with Crippen molar-refractivity contribution in [3.8, 4) is 5.75 Å². The molecule has 2 aromatic carbocycles. The monoisotopic (exact) mass is 340 g/mol. The van der Waals surface area contributed by atoms with Crippen LogP contribution in [0, 0.1) is 0 Å². The Kier molecular flexibility index (Phi) is 6.57. The first kappa shape index (κ1) is 18.5. The minimum Gasteiger partial charge on any atom is -0.497 e. The number of benzene rings is 2. The topological polar surface area (TPSA) is 58.6 Å². The summed E-state index contributed by atoms with van der Waals surface area (Å²) in [6, 6.07) is 14.9. The van der Waals surface area contributed by atoms with E-state index in [0.717, 1.165) is 12.1 Å². The van der Waals surface area contributed by atoms with Gasteiger partial charge in [-0.25, -0.2) is 0 Å². The molecule has 0 aliphatic carbocycles. The third-order valence-corrected chi connectivity index (χ3v) is 3.99. The van der Waals surface area contributed by atoms with Crippen molar-refractivity contribution in [2.24, 2.45) is 0 Å². The summed E-state index contributed by atoms with van der Waals surface area (Å²) in [4.78, 5) is 25.8. The van der Waals surface area contributed by atoms with Crippen molar-refractivity contribution in [3.05, 3.63) is 59.7 Å². The van der Waals surface area contributed by atoms with Crippen LogP contribution < -0.4 is 15.0 Å². The lowest BCUT2D eigenvalue weighted by Crippen LogP contribution is -2.37. The summed E-state index contributed by atoms with van der Waals surface area (Å²) in [5.74, 6) is 0.387. The van der Waals surface area contributed by atoms with E-state index in [4.69, 9.17) is 4.74 Å². The highest BCUT2D eigenvalue weighted by atomic mass is 16.5. The molecule has 0 spiro atoms. The number of ether oxygens (including phenoxy) is 1. The maximum atomic E-state index is 12.2. The smallest absolute Gasteiger partial charge is 0.251 e. The van der Waals surface area contributed by atoms with E-state index in [1.54, 1.807) is 36.3 Å². The van der Waals surface area contributed by atoms with E-state index >= 15 is 0 Å². The second kappa shape index (κ2) is 8.87. The van der Waals surface area contributed by atoms with E-state index in [0.29, 0.717) is 24.4 Å². The van der Waals surface area contributed by atoms with Crippen molar-refractivity contribution in [2.45, 2.75) is 20.3 Å². The van der Waals surface area contributed by atoms with E-state index < -0.39 is 0 Å². The number of aryl methyl sites for hydroxylation is 1. The van der Waals surface area contributed by atoms with Gasteiger partial charge in [0.1, 0.15) is 5.75 Å². The Morgan fingerprint density at radius 1 is 1.12 bits per heavy atom. The molecule has 2 rings (SSSR count). The summed E-state index contributed by atoms with van der Waals surface area (Å²) < 4.78 is 5.12. The zero-order valence-electron chi connectivity index (χ0n) is 14.9. The highest BCUT2D eigenvalue weighted by Crippen LogP contribution is 2.16. The molecule has 0 aliphatic heterocycles. The maximum absolute atomic E-state index is 12.2. The Labute approximate surface area is 148 Å². The van der Waals surface area contributed by atoms with Gasteiger partial charge in [0.15, 0.2) is 0 Å². The number of hydrogen-bond acceptors (Lipinski definition) is 3. The second-order valence-corrected chi connectivity index (χ2v) is 5.68. The van der Waals surface area contributed by atoms with Gasteiger partial charge in [0.05, 0.1) is 7.11 Å². The first-order chi connectivity index (χ1) is 12.0. The van der Waals surface area contributed by atoms with E-state index in [-0.39, 0.29) is 11.8 Å². The molecule has 1 N–H and O–H groups in total. The van der Waals surface area contributed by atoms with Gasteiger partial charge in [-0.05, 0) is 42.3 Å². The van der Waals surface area contributed by atoms with Crippen molar-refractivity contribution < 1.29 is 14.3 Å². The van der Waals surface area contributed by atoms with E-state index in [9.17, 15) is 9.59 Å². The molecule has 2 amide bonds. The van der Waals surface area contributed by atoms with Crippen molar-refractivity contribution >= 4 is 17.5 Å². The lowest BCUT2D eigenvalue weighted by Gasteiger charge is -2.21. The molecule has 25 heavy (non-hydrogen) atoms. The van der Waals surface area contributed by atoms with Crippen LogP contribution >= 0.6 is 0 Å². The molecule has 132 valence electrons. The van der Waals surface area contributed by atoms with Gasteiger partial charge in [-0.15, -0.1) is 0 Å². The number of carbonyl (C=O) groups excluding carboxylic acids is 2. The van der Waals surface area contributed by atoms with Crippen molar-refractivity contribution in [3.63, 3.8) is 0 Å². The average molecular weight is 340 g/mol. The predicted octanol–water partition coefficient (Wildman–Crippen LogP) is 3.04. The predicted molar refractivity (Wildman–Crippen MR) is 99.2 cm³/mol. The lowest BCUT2D eigenvalue weighted by atomic mass is 10.1. The van der Waals surface area contributed by atoms with Crippen LogP contribution in [0.3, 0.4) is 0 Å². The zero-order valence-corrected chi connectivity index (χ0v) is 14.9. The standard InChI is InChI=1S/C20H24N2O3/c1-4-16-8-10-18(11-9-16)22(15(2)23)13-12-21-20(24)17-6-5-7-19(14-17)25-3/h5-11,14H,4,12-13H2,1-3H3,(H,21,24). The average Bonchev–Trinajstić information content (AvgIpc) is 2.65. The van der Waals surface area contributed by atoms with Gasteiger partial charge in [0.2, 0.25) is 5.91 Å². The van der Waals surface area contributed by atoms with Gasteiger partial charge in [0.25, 0.3) is 5.91 Å². The van der Waals surface area contributed by atoms with Crippen molar-refractivity contribution in [2.75, 3.05) is 25.1 Å². The molecule has 2 aromatic rings. The molecule has 5 nitrogen and oxygen atoms in total. The molecule has 0 atom stereocenters. The Hall–Kier alpha value is -2.82. The maximum Gasteiger partial charge on any atom is 0.251 e. The lowest BCUT2D eigenvalue weighted by molar-refractivity contribution is -0.116. The summed E-state index contributed by atoms with van der Waals surface area (Å²) in [5.41, 5.74) is 2.58. The summed E-state index contributed by atoms with van der Waals surface area (Å²) in [6.07, 6.45) is 0.955. The van der Waals surface area contributed by atoms with E-state index in [2.05, 4.69) is 12.2 Å². The van der Waals surface area contributed by atoms with Crippen LogP contribution in [0.15, 0.2) is 48.5 Å². The molecule has 0 aliphatic rings. The number of methoxy groups -OCH3 is 1. The van der Waals surface area contributed by atoms with Crippen LogP contribution in [0.4, 0.5) is 5.69 Å². The van der Waals surface area contributed by atoms with Crippen LogP contribution in [0.1, 0.15) is 29.8 Å². The first-order valence-electron chi connectivity index (χ1n) is 8.34. The first-order valence-corrected chi connectivity index (χ1v) is 8.34. The number of rotatable bonds is 7. The third-order valence-electron chi connectivity index (χ3n) is 3.99. The summed E-state index contributed by atoms with van der Waals surface area (Å²) in [7, 11) is 1.56. The molecule has 0 fully saturated rings. The molecule has 0 saturated carbocycles. The van der Waals surface area contributed by atoms with Gasteiger partial charge >= 0.3 is 0 Å². The third kappa shape index (κ3) is 5.08. The van der Waals surface area contributed by atoms with E-state index in [1.165, 1.54) is 12.5 Å². The molecular formula is C20H24N2O3. The van der Waals surface area contributed by atoms with Gasteiger partial charge in [-0.3, -0.25) is 9.59 Å². The van der Waals surface area contributed by atoms with Gasteiger partial charge in [0, 0.05) is 31.3 Å². The molecule has 0 saturated heterocycles. The van der Waals surface area contributed by atoms with Gasteiger partial charge in [-0.2, -0.15) is 0 Å². The summed E-state index contributed by atoms with van der Waals surface area (Å²) >= 11 is 0. The Bertz CT molecular complexity index is 726. The number of carbonyl (C=O) groups is 2. The Morgan fingerprint density at radius 2 is 1.84 bits per heavy atom.